The quantitative estimate of drug-likeness (QED) is 0.172. The van der Waals surface area contributed by atoms with Gasteiger partial charge in [0, 0.05) is 49.8 Å². The maximum Gasteiger partial charge on any atom is 0.163 e. The molecular formula is C46H32N8. The monoisotopic (exact) mass is 696 g/mol. The van der Waals surface area contributed by atoms with E-state index in [1.54, 1.807) is 25.3 Å². The van der Waals surface area contributed by atoms with E-state index in [2.05, 4.69) is 174 Å². The van der Waals surface area contributed by atoms with E-state index in [-0.39, 0.29) is 0 Å². The Morgan fingerprint density at radius 3 is 1.17 bits per heavy atom. The van der Waals surface area contributed by atoms with Crippen LogP contribution in [0.3, 0.4) is 0 Å². The lowest BCUT2D eigenvalue weighted by Gasteiger charge is -2.18. The normalized spacial score (nSPS) is 11.5. The third-order valence-corrected chi connectivity index (χ3v) is 10.1. The molecule has 0 amide bonds. The lowest BCUT2D eigenvalue weighted by molar-refractivity contribution is 1.06. The number of nitrogens with zero attached hydrogens (tertiary/aromatic N) is 8. The van der Waals surface area contributed by atoms with Crippen LogP contribution in [-0.2, 0) is 0 Å². The topological polar surface area (TPSA) is 87.2 Å². The predicted molar refractivity (Wildman–Crippen MR) is 216 cm³/mol. The Morgan fingerprint density at radius 1 is 0.389 bits per heavy atom. The summed E-state index contributed by atoms with van der Waals surface area (Å²) in [6, 6.07) is 47.3. The summed E-state index contributed by atoms with van der Waals surface area (Å²) < 4.78 is 4.88. The van der Waals surface area contributed by atoms with Crippen molar-refractivity contribution in [3.05, 3.63) is 170 Å². The fraction of sp³-hybridized carbons (Fsp3) is 0.0435. The molecule has 0 unspecified atom stereocenters. The van der Waals surface area contributed by atoms with Crippen molar-refractivity contribution in [2.45, 2.75) is 13.8 Å². The van der Waals surface area contributed by atoms with Crippen molar-refractivity contribution in [3.8, 4) is 56.4 Å². The molecular weight excluding hydrogens is 665 g/mol. The van der Waals surface area contributed by atoms with Gasteiger partial charge in [0.2, 0.25) is 0 Å². The molecule has 0 aliphatic rings. The molecule has 8 heteroatoms. The second kappa shape index (κ2) is 12.7. The van der Waals surface area contributed by atoms with E-state index in [4.69, 9.17) is 0 Å². The Bertz CT molecular complexity index is 2790. The molecule has 10 rings (SSSR count). The highest BCUT2D eigenvalue weighted by atomic mass is 15.1. The minimum Gasteiger partial charge on any atom is -0.294 e. The molecule has 0 spiro atoms. The van der Waals surface area contributed by atoms with Crippen molar-refractivity contribution in [2.24, 2.45) is 0 Å². The minimum atomic E-state index is 0.633. The van der Waals surface area contributed by atoms with Crippen LogP contribution in [-0.4, -0.2) is 39.0 Å². The maximum atomic E-state index is 4.58. The highest BCUT2D eigenvalue weighted by molar-refractivity contribution is 6.27. The van der Waals surface area contributed by atoms with E-state index in [9.17, 15) is 0 Å². The Morgan fingerprint density at radius 2 is 0.759 bits per heavy atom. The molecule has 10 aromatic rings. The molecule has 0 N–H and O–H groups in total. The largest absolute Gasteiger partial charge is 0.294 e. The average molecular weight is 697 g/mol. The molecule has 6 aromatic carbocycles. The van der Waals surface area contributed by atoms with E-state index < -0.39 is 0 Å². The van der Waals surface area contributed by atoms with E-state index in [1.165, 1.54) is 5.39 Å². The first-order valence-electron chi connectivity index (χ1n) is 17.8. The van der Waals surface area contributed by atoms with Crippen LogP contribution in [0.1, 0.15) is 11.1 Å². The third kappa shape index (κ3) is 4.99. The van der Waals surface area contributed by atoms with Crippen molar-refractivity contribution in [1.82, 2.24) is 39.0 Å². The highest BCUT2D eigenvalue weighted by Crippen LogP contribution is 2.48. The summed E-state index contributed by atoms with van der Waals surface area (Å²) in [5.74, 6) is 1.27. The molecule has 0 atom stereocenters. The Balaban J connectivity index is 1.43. The van der Waals surface area contributed by atoms with Gasteiger partial charge in [-0.1, -0.05) is 84.9 Å². The van der Waals surface area contributed by atoms with Crippen LogP contribution >= 0.6 is 0 Å². The molecule has 4 aromatic heterocycles. The average Bonchev–Trinajstić information content (AvgIpc) is 3.74. The van der Waals surface area contributed by atoms with Crippen molar-refractivity contribution < 1.29 is 0 Å². The van der Waals surface area contributed by atoms with Gasteiger partial charge in [0.15, 0.2) is 11.6 Å². The van der Waals surface area contributed by atoms with Crippen molar-refractivity contribution in [2.75, 3.05) is 0 Å². The second-order valence-corrected chi connectivity index (χ2v) is 13.5. The first-order valence-corrected chi connectivity index (χ1v) is 17.8. The van der Waals surface area contributed by atoms with E-state index in [0.29, 0.717) is 11.6 Å². The summed E-state index contributed by atoms with van der Waals surface area (Å²) >= 11 is 0. The lowest BCUT2D eigenvalue weighted by Crippen LogP contribution is -2.03. The number of para-hydroxylation sites is 2. The van der Waals surface area contributed by atoms with Crippen molar-refractivity contribution >= 4 is 32.8 Å². The van der Waals surface area contributed by atoms with Crippen molar-refractivity contribution in [1.29, 1.82) is 0 Å². The predicted octanol–water partition coefficient (Wildman–Crippen LogP) is 10.4. The van der Waals surface area contributed by atoms with E-state index >= 15 is 0 Å². The summed E-state index contributed by atoms with van der Waals surface area (Å²) in [5.41, 5.74) is 13.9. The van der Waals surface area contributed by atoms with Crippen LogP contribution in [0.15, 0.2) is 159 Å². The summed E-state index contributed by atoms with van der Waals surface area (Å²) in [7, 11) is 0. The molecule has 54 heavy (non-hydrogen) atoms. The SMILES string of the molecule is Cc1cc(-c2ccccc2-c2ncncn2)c2c(c1)c1c3cc(C)cc(-c4ccccc4-c4ncncn4)c3n(-c3ccccc3)c1n2-c1ccccc1. The fourth-order valence-electron chi connectivity index (χ4n) is 7.99. The van der Waals surface area contributed by atoms with Gasteiger partial charge in [-0.05, 0) is 84.6 Å². The van der Waals surface area contributed by atoms with Crippen LogP contribution in [0.25, 0.3) is 89.2 Å². The molecule has 8 nitrogen and oxygen atoms in total. The maximum absolute atomic E-state index is 4.58. The van der Waals surface area contributed by atoms with Crippen LogP contribution in [0.5, 0.6) is 0 Å². The van der Waals surface area contributed by atoms with Gasteiger partial charge in [-0.25, -0.2) is 29.9 Å². The van der Waals surface area contributed by atoms with Crippen LogP contribution < -0.4 is 0 Å². The molecule has 0 saturated heterocycles. The Hall–Kier alpha value is -7.32. The molecule has 0 aliphatic heterocycles. The third-order valence-electron chi connectivity index (χ3n) is 10.1. The fourth-order valence-corrected chi connectivity index (χ4v) is 7.99. The van der Waals surface area contributed by atoms with Crippen LogP contribution in [0.4, 0.5) is 0 Å². The number of benzene rings is 6. The van der Waals surface area contributed by atoms with Gasteiger partial charge >= 0.3 is 0 Å². The number of aromatic nitrogens is 8. The summed E-state index contributed by atoms with van der Waals surface area (Å²) in [6.07, 6.45) is 6.22. The number of hydrogen-bond donors (Lipinski definition) is 0. The van der Waals surface area contributed by atoms with Gasteiger partial charge < -0.3 is 0 Å². The molecule has 0 bridgehead atoms. The number of aryl methyl sites for hydroxylation is 2. The first kappa shape index (κ1) is 31.4. The zero-order chi connectivity index (χ0) is 36.2. The van der Waals surface area contributed by atoms with Gasteiger partial charge in [0.05, 0.1) is 11.0 Å². The molecule has 256 valence electrons. The molecule has 0 radical (unpaired) electrons. The standard InChI is InChI=1S/C46H32N8/c1-29-21-37(33-17-9-11-19-35(33)44-49-25-47-26-50-44)42-39(23-29)41-40-24-30(2)22-38(34-18-10-12-20-36(34)45-51-27-48-28-52-45)43(40)54(32-15-7-4-8-16-32)46(41)53(42)31-13-5-3-6-14-31/h3-28H,1-2H3. The lowest BCUT2D eigenvalue weighted by atomic mass is 9.93. The first-order chi connectivity index (χ1) is 26.7. The molecule has 0 fully saturated rings. The smallest absolute Gasteiger partial charge is 0.163 e. The minimum absolute atomic E-state index is 0.633. The number of hydrogen-bond acceptors (Lipinski definition) is 6. The molecule has 0 saturated carbocycles. The number of rotatable bonds is 6. The zero-order valence-electron chi connectivity index (χ0n) is 29.6. The number of fused-ring (bicyclic) bond motifs is 5. The van der Waals surface area contributed by atoms with Gasteiger partial charge in [0.1, 0.15) is 31.0 Å². The van der Waals surface area contributed by atoms with Gasteiger partial charge in [-0.3, -0.25) is 9.13 Å². The summed E-state index contributed by atoms with van der Waals surface area (Å²) in [6.45, 7) is 4.36. The molecule has 0 aliphatic carbocycles. The second-order valence-electron chi connectivity index (χ2n) is 13.5. The van der Waals surface area contributed by atoms with Crippen molar-refractivity contribution in [3.63, 3.8) is 0 Å². The van der Waals surface area contributed by atoms with Gasteiger partial charge in [0.25, 0.3) is 0 Å². The summed E-state index contributed by atoms with van der Waals surface area (Å²) in [4.78, 5) is 26.5. The van der Waals surface area contributed by atoms with Gasteiger partial charge in [-0.2, -0.15) is 0 Å². The Kier molecular flexibility index (Phi) is 7.40. The van der Waals surface area contributed by atoms with E-state index in [1.807, 2.05) is 12.1 Å². The van der Waals surface area contributed by atoms with Gasteiger partial charge in [-0.15, -0.1) is 0 Å². The zero-order valence-corrected chi connectivity index (χ0v) is 29.6. The molecule has 4 heterocycles. The van der Waals surface area contributed by atoms with Crippen LogP contribution in [0, 0.1) is 13.8 Å². The summed E-state index contributed by atoms with van der Waals surface area (Å²) in [5, 5.41) is 3.51. The highest BCUT2D eigenvalue weighted by Gasteiger charge is 2.28. The Labute approximate surface area is 311 Å². The van der Waals surface area contributed by atoms with E-state index in [0.717, 1.165) is 83.3 Å². The van der Waals surface area contributed by atoms with Crippen LogP contribution in [0.2, 0.25) is 0 Å².